The summed E-state index contributed by atoms with van der Waals surface area (Å²) in [6.45, 7) is 11.2. The second kappa shape index (κ2) is 16.6. The maximum atomic E-state index is 14.7. The van der Waals surface area contributed by atoms with Gasteiger partial charge in [0.25, 0.3) is 0 Å². The number of amides is 1. The Morgan fingerprint density at radius 3 is 2.44 bits per heavy atom. The molecule has 0 aromatic heterocycles. The van der Waals surface area contributed by atoms with Crippen LogP contribution in [-0.2, 0) is 19.0 Å². The highest BCUT2D eigenvalue weighted by molar-refractivity contribution is 5.71. The van der Waals surface area contributed by atoms with Crippen LogP contribution in [0.2, 0.25) is 0 Å². The molecule has 4 heterocycles. The molecule has 11 heteroatoms. The highest BCUT2D eigenvalue weighted by atomic mass is 19.1. The highest BCUT2D eigenvalue weighted by Crippen LogP contribution is 2.30. The largest absolute Gasteiger partial charge is 0.457 e. The van der Waals surface area contributed by atoms with Gasteiger partial charge in [-0.1, -0.05) is 25.5 Å². The molecule has 48 heavy (non-hydrogen) atoms. The SMILES string of the molecule is C/C(=C\c1cc(F)cc(N2CCOCC2)c1)[C@H]1OC(=O)C[C@H](O)CC[C@@](C)(O)[C@H](OC(=O)N2CCC(N3CCCCC3)CC2)/C=C\[C@@H]1C. The van der Waals surface area contributed by atoms with Gasteiger partial charge in [-0.25, -0.2) is 9.18 Å². The van der Waals surface area contributed by atoms with E-state index in [1.807, 2.05) is 19.9 Å². The van der Waals surface area contributed by atoms with E-state index >= 15 is 0 Å². The Hall–Kier alpha value is -2.99. The van der Waals surface area contributed by atoms with E-state index in [4.69, 9.17) is 14.2 Å². The number of hydrogen-bond donors (Lipinski definition) is 2. The van der Waals surface area contributed by atoms with Gasteiger partial charge in [0.1, 0.15) is 17.5 Å². The number of halogens is 1. The minimum atomic E-state index is -1.49. The number of aliphatic hydroxyl groups excluding tert-OH is 1. The number of piperidine rings is 2. The first-order valence-corrected chi connectivity index (χ1v) is 17.8. The van der Waals surface area contributed by atoms with Crippen LogP contribution in [0, 0.1) is 11.7 Å². The molecule has 3 fully saturated rings. The summed E-state index contributed by atoms with van der Waals surface area (Å²) >= 11 is 0. The number of ether oxygens (including phenoxy) is 3. The molecule has 266 valence electrons. The minimum absolute atomic E-state index is 0.114. The van der Waals surface area contributed by atoms with Gasteiger partial charge in [0.05, 0.1) is 25.7 Å². The fraction of sp³-hybridized carbons (Fsp3) is 0.676. The number of nitrogens with zero attached hydrogens (tertiary/aromatic N) is 3. The van der Waals surface area contributed by atoms with E-state index in [1.54, 1.807) is 30.1 Å². The third-order valence-electron chi connectivity index (χ3n) is 10.3. The van der Waals surface area contributed by atoms with Crippen molar-refractivity contribution in [1.29, 1.82) is 0 Å². The predicted molar refractivity (Wildman–Crippen MR) is 182 cm³/mol. The number of rotatable bonds is 5. The molecule has 1 aromatic carbocycles. The summed E-state index contributed by atoms with van der Waals surface area (Å²) in [5.41, 5.74) is 0.584. The van der Waals surface area contributed by atoms with Crippen molar-refractivity contribution in [2.24, 2.45) is 5.92 Å². The lowest BCUT2D eigenvalue weighted by Gasteiger charge is -2.40. The van der Waals surface area contributed by atoms with Gasteiger partial charge in [-0.15, -0.1) is 0 Å². The number of esters is 1. The third-order valence-corrected chi connectivity index (χ3v) is 10.3. The van der Waals surface area contributed by atoms with E-state index < -0.39 is 41.9 Å². The van der Waals surface area contributed by atoms with E-state index in [-0.39, 0.29) is 25.1 Å². The lowest BCUT2D eigenvalue weighted by Crippen LogP contribution is -2.50. The average Bonchev–Trinajstić information content (AvgIpc) is 3.08. The monoisotopic (exact) mass is 671 g/mol. The second-order valence-electron chi connectivity index (χ2n) is 14.3. The van der Waals surface area contributed by atoms with E-state index in [0.29, 0.717) is 56.6 Å². The number of hydrogen-bond acceptors (Lipinski definition) is 9. The van der Waals surface area contributed by atoms with Crippen LogP contribution in [-0.4, -0.2) is 115 Å². The van der Waals surface area contributed by atoms with Crippen molar-refractivity contribution in [2.45, 2.75) is 102 Å². The first kappa shape index (κ1) is 36.3. The lowest BCUT2D eigenvalue weighted by molar-refractivity contribution is -0.151. The van der Waals surface area contributed by atoms with Gasteiger partial charge >= 0.3 is 12.1 Å². The summed E-state index contributed by atoms with van der Waals surface area (Å²) in [4.78, 5) is 32.7. The minimum Gasteiger partial charge on any atom is -0.457 e. The summed E-state index contributed by atoms with van der Waals surface area (Å²) in [6.07, 6.45) is 7.56. The second-order valence-corrected chi connectivity index (χ2v) is 14.3. The van der Waals surface area contributed by atoms with Crippen molar-refractivity contribution in [2.75, 3.05) is 57.4 Å². The zero-order valence-electron chi connectivity index (χ0n) is 28.8. The molecule has 0 bridgehead atoms. The van der Waals surface area contributed by atoms with E-state index in [0.717, 1.165) is 31.6 Å². The molecule has 0 spiro atoms. The number of anilines is 1. The molecular weight excluding hydrogens is 617 g/mol. The highest BCUT2D eigenvalue weighted by Gasteiger charge is 2.37. The Bertz CT molecular complexity index is 1300. The number of benzene rings is 1. The molecule has 5 atom stereocenters. The fourth-order valence-electron chi connectivity index (χ4n) is 7.36. The number of aliphatic hydroxyl groups is 2. The fourth-order valence-corrected chi connectivity index (χ4v) is 7.36. The summed E-state index contributed by atoms with van der Waals surface area (Å²) in [5.74, 6) is -1.33. The topological polar surface area (TPSA) is 112 Å². The smallest absolute Gasteiger partial charge is 0.410 e. The van der Waals surface area contributed by atoms with Gasteiger partial charge in [0.15, 0.2) is 6.10 Å². The first-order valence-electron chi connectivity index (χ1n) is 17.8. The Labute approximate surface area is 284 Å². The number of carbonyl (C=O) groups excluding carboxylic acids is 2. The molecule has 10 nitrogen and oxygen atoms in total. The van der Waals surface area contributed by atoms with Crippen molar-refractivity contribution >= 4 is 23.8 Å². The Kier molecular flexibility index (Phi) is 12.6. The zero-order chi connectivity index (χ0) is 34.3. The standard InChI is InChI=1S/C37H54FN3O7/c1-26-7-8-33(47-36(44)41-15-10-30(11-16-41)39-13-5-4-6-14-39)37(3,45)12-9-32(42)25-34(43)48-35(26)27(2)21-28-22-29(38)24-31(23-28)40-17-19-46-20-18-40/h7-8,21-24,26,30,32-33,35,42,45H,4-6,9-20,25H2,1-3H3/b8-7-,27-21+/t26-,32+,33+,35-,37+/m0/s1. The van der Waals surface area contributed by atoms with Gasteiger partial charge < -0.3 is 39.1 Å². The lowest BCUT2D eigenvalue weighted by atomic mass is 9.88. The summed E-state index contributed by atoms with van der Waals surface area (Å²) < 4.78 is 32.1. The van der Waals surface area contributed by atoms with E-state index in [2.05, 4.69) is 9.80 Å². The molecular formula is C37H54FN3O7. The normalized spacial score (nSPS) is 31.4. The quantitative estimate of drug-likeness (QED) is 0.333. The Morgan fingerprint density at radius 2 is 1.73 bits per heavy atom. The first-order chi connectivity index (χ1) is 23.0. The number of morpholine rings is 1. The van der Waals surface area contributed by atoms with Gasteiger partial charge in [-0.2, -0.15) is 0 Å². The van der Waals surface area contributed by atoms with Crippen molar-refractivity contribution in [3.05, 3.63) is 47.3 Å². The summed E-state index contributed by atoms with van der Waals surface area (Å²) in [6, 6.07) is 5.33. The molecule has 1 aromatic rings. The molecule has 5 rings (SSSR count). The molecule has 4 aliphatic rings. The predicted octanol–water partition coefficient (Wildman–Crippen LogP) is 4.92. The molecule has 1 amide bonds. The van der Waals surface area contributed by atoms with Crippen LogP contribution in [0.3, 0.4) is 0 Å². The molecule has 4 aliphatic heterocycles. The number of likely N-dealkylation sites (tertiary alicyclic amines) is 2. The van der Waals surface area contributed by atoms with Gasteiger partial charge in [0.2, 0.25) is 0 Å². The van der Waals surface area contributed by atoms with Crippen molar-refractivity contribution in [3.63, 3.8) is 0 Å². The maximum absolute atomic E-state index is 14.7. The Balaban J connectivity index is 1.32. The van der Waals surface area contributed by atoms with Crippen molar-refractivity contribution < 1.29 is 38.4 Å². The molecule has 0 saturated carbocycles. The van der Waals surface area contributed by atoms with Crippen LogP contribution in [0.5, 0.6) is 0 Å². The van der Waals surface area contributed by atoms with Gasteiger partial charge in [-0.05, 0) is 101 Å². The molecule has 2 N–H and O–H groups in total. The third kappa shape index (κ3) is 9.80. The number of carbonyl (C=O) groups is 2. The van der Waals surface area contributed by atoms with Crippen LogP contribution < -0.4 is 4.90 Å². The van der Waals surface area contributed by atoms with E-state index in [9.17, 15) is 24.2 Å². The van der Waals surface area contributed by atoms with Crippen LogP contribution in [0.4, 0.5) is 14.9 Å². The summed E-state index contributed by atoms with van der Waals surface area (Å²) in [5, 5.41) is 22.2. The molecule has 0 aliphatic carbocycles. The van der Waals surface area contributed by atoms with E-state index in [1.165, 1.54) is 31.4 Å². The van der Waals surface area contributed by atoms with Crippen molar-refractivity contribution in [1.82, 2.24) is 9.80 Å². The average molecular weight is 672 g/mol. The maximum Gasteiger partial charge on any atom is 0.410 e. The molecule has 0 unspecified atom stereocenters. The molecule has 0 radical (unpaired) electrons. The summed E-state index contributed by atoms with van der Waals surface area (Å²) in [7, 11) is 0. The van der Waals surface area contributed by atoms with Crippen molar-refractivity contribution in [3.8, 4) is 0 Å². The number of cyclic esters (lactones) is 1. The van der Waals surface area contributed by atoms with Crippen LogP contribution in [0.15, 0.2) is 35.9 Å². The van der Waals surface area contributed by atoms with Crippen LogP contribution >= 0.6 is 0 Å². The zero-order valence-corrected chi connectivity index (χ0v) is 28.8. The van der Waals surface area contributed by atoms with Gasteiger partial charge in [-0.3, -0.25) is 4.79 Å². The van der Waals surface area contributed by atoms with Gasteiger partial charge in [0, 0.05) is 43.8 Å². The van der Waals surface area contributed by atoms with Crippen LogP contribution in [0.25, 0.3) is 6.08 Å². The Morgan fingerprint density at radius 1 is 1.02 bits per heavy atom. The molecule has 3 saturated heterocycles. The van der Waals surface area contributed by atoms with Crippen LogP contribution in [0.1, 0.15) is 77.7 Å².